The first-order valence-corrected chi connectivity index (χ1v) is 7.79. The molecular weight excluding hydrogens is 254 g/mol. The van der Waals surface area contributed by atoms with Crippen molar-refractivity contribution < 1.29 is 17.6 Å². The maximum Gasteiger partial charge on any atom is 0.257 e. The van der Waals surface area contributed by atoms with E-state index in [1.165, 1.54) is 6.26 Å². The Morgan fingerprint density at radius 3 is 2.56 bits per heavy atom. The minimum atomic E-state index is -3.07. The van der Waals surface area contributed by atoms with Gasteiger partial charge in [-0.3, -0.25) is 4.79 Å². The second-order valence-corrected chi connectivity index (χ2v) is 7.14. The number of sulfone groups is 1. The van der Waals surface area contributed by atoms with E-state index in [0.717, 1.165) is 0 Å². The summed E-state index contributed by atoms with van der Waals surface area (Å²) in [6, 6.07) is 1.70. The van der Waals surface area contributed by atoms with Gasteiger partial charge >= 0.3 is 0 Å². The highest BCUT2D eigenvalue weighted by Gasteiger charge is 2.33. The average molecular weight is 271 g/mol. The van der Waals surface area contributed by atoms with Crippen molar-refractivity contribution in [2.75, 3.05) is 19.3 Å². The van der Waals surface area contributed by atoms with Gasteiger partial charge in [0.25, 0.3) is 5.91 Å². The Balaban J connectivity index is 2.15. The van der Waals surface area contributed by atoms with E-state index in [9.17, 15) is 13.2 Å². The highest BCUT2D eigenvalue weighted by molar-refractivity contribution is 7.91. The minimum Gasteiger partial charge on any atom is -0.466 e. The molecule has 18 heavy (non-hydrogen) atoms. The van der Waals surface area contributed by atoms with E-state index in [0.29, 0.717) is 30.0 Å². The van der Waals surface area contributed by atoms with E-state index in [4.69, 9.17) is 4.42 Å². The maximum atomic E-state index is 12.2. The lowest BCUT2D eigenvalue weighted by Gasteiger charge is -2.15. The van der Waals surface area contributed by atoms with Crippen LogP contribution in [0.1, 0.15) is 28.3 Å². The third-order valence-electron chi connectivity index (χ3n) is 3.31. The molecule has 0 radical (unpaired) electrons. The molecule has 0 N–H and O–H groups in total. The molecule has 0 aliphatic carbocycles. The number of furan rings is 1. The summed E-state index contributed by atoms with van der Waals surface area (Å²) < 4.78 is 28.2. The Hall–Kier alpha value is -1.30. The fourth-order valence-electron chi connectivity index (χ4n) is 2.28. The molecule has 1 fully saturated rings. The molecule has 1 amide bonds. The molecule has 1 aliphatic heterocycles. The molecular formula is C12H17NO4S. The van der Waals surface area contributed by atoms with Gasteiger partial charge in [0.05, 0.1) is 10.8 Å². The predicted octanol–water partition coefficient (Wildman–Crippen LogP) is 1.16. The Morgan fingerprint density at radius 2 is 2.11 bits per heavy atom. The number of carbonyl (C=O) groups is 1. The zero-order chi connectivity index (χ0) is 13.5. The van der Waals surface area contributed by atoms with Crippen molar-refractivity contribution in [3.8, 4) is 0 Å². The average Bonchev–Trinajstić information content (AvgIpc) is 2.83. The topological polar surface area (TPSA) is 67.6 Å². The van der Waals surface area contributed by atoms with Crippen LogP contribution >= 0.6 is 0 Å². The van der Waals surface area contributed by atoms with E-state index < -0.39 is 15.1 Å². The van der Waals surface area contributed by atoms with Crippen LogP contribution in [0.3, 0.4) is 0 Å². The van der Waals surface area contributed by atoms with Crippen molar-refractivity contribution in [1.29, 1.82) is 0 Å². The van der Waals surface area contributed by atoms with Gasteiger partial charge in [-0.15, -0.1) is 0 Å². The van der Waals surface area contributed by atoms with Crippen LogP contribution in [0.2, 0.25) is 0 Å². The highest BCUT2D eigenvalue weighted by Crippen LogP contribution is 2.21. The third kappa shape index (κ3) is 2.43. The molecule has 1 aromatic rings. The monoisotopic (exact) mass is 271 g/mol. The number of carbonyl (C=O) groups excluding carboxylic acids is 1. The van der Waals surface area contributed by atoms with Crippen LogP contribution in [-0.2, 0) is 9.84 Å². The Labute approximate surface area is 107 Å². The summed E-state index contributed by atoms with van der Waals surface area (Å²) in [6.07, 6.45) is 1.74. The Kier molecular flexibility index (Phi) is 3.23. The van der Waals surface area contributed by atoms with Gasteiger partial charge < -0.3 is 9.32 Å². The number of hydrogen-bond donors (Lipinski definition) is 0. The predicted molar refractivity (Wildman–Crippen MR) is 67.3 cm³/mol. The molecule has 100 valence electrons. The maximum absolute atomic E-state index is 12.2. The summed E-state index contributed by atoms with van der Waals surface area (Å²) in [5.74, 6) is 1.13. The molecule has 1 aromatic heterocycles. The number of likely N-dealkylation sites (tertiary alicyclic amines) is 1. The smallest absolute Gasteiger partial charge is 0.257 e. The quantitative estimate of drug-likeness (QED) is 0.809. The van der Waals surface area contributed by atoms with Crippen molar-refractivity contribution in [3.05, 3.63) is 23.2 Å². The van der Waals surface area contributed by atoms with Gasteiger partial charge in [0, 0.05) is 19.3 Å². The summed E-state index contributed by atoms with van der Waals surface area (Å²) in [7, 11) is -3.07. The van der Waals surface area contributed by atoms with Crippen molar-refractivity contribution >= 4 is 15.7 Å². The molecule has 6 heteroatoms. The van der Waals surface area contributed by atoms with E-state index in [2.05, 4.69) is 0 Å². The second kappa shape index (κ2) is 4.42. The van der Waals surface area contributed by atoms with Crippen LogP contribution in [0, 0.1) is 13.8 Å². The molecule has 0 saturated carbocycles. The normalized spacial score (nSPS) is 20.4. The van der Waals surface area contributed by atoms with Gasteiger partial charge in [0.15, 0.2) is 9.84 Å². The molecule has 1 saturated heterocycles. The van der Waals surface area contributed by atoms with Crippen LogP contribution in [0.25, 0.3) is 0 Å². The van der Waals surface area contributed by atoms with E-state index in [-0.39, 0.29) is 12.5 Å². The lowest BCUT2D eigenvalue weighted by molar-refractivity contribution is 0.0791. The van der Waals surface area contributed by atoms with Gasteiger partial charge in [-0.25, -0.2) is 8.42 Å². The van der Waals surface area contributed by atoms with Crippen molar-refractivity contribution in [2.45, 2.75) is 25.5 Å². The lowest BCUT2D eigenvalue weighted by atomic mass is 10.2. The summed E-state index contributed by atoms with van der Waals surface area (Å²) in [5, 5.41) is -0.435. The molecule has 0 aromatic carbocycles. The zero-order valence-corrected chi connectivity index (χ0v) is 11.6. The first-order valence-electron chi connectivity index (χ1n) is 5.84. The molecule has 1 atom stereocenters. The highest BCUT2D eigenvalue weighted by atomic mass is 32.2. The summed E-state index contributed by atoms with van der Waals surface area (Å²) in [6.45, 7) is 4.29. The standard InChI is InChI=1S/C12H17NO4S/c1-8-6-11(9(2)17-8)12(14)13-5-4-10(7-13)18(3,15)16/h6,10H,4-5,7H2,1-3H3. The summed E-state index contributed by atoms with van der Waals surface area (Å²) >= 11 is 0. The largest absolute Gasteiger partial charge is 0.466 e. The fourth-order valence-corrected chi connectivity index (χ4v) is 3.26. The first kappa shape index (κ1) is 13.1. The number of aryl methyl sites for hydroxylation is 2. The van der Waals surface area contributed by atoms with Gasteiger partial charge in [-0.05, 0) is 26.3 Å². The number of rotatable bonds is 2. The Morgan fingerprint density at radius 1 is 1.44 bits per heavy atom. The SMILES string of the molecule is Cc1cc(C(=O)N2CCC(S(C)(=O)=O)C2)c(C)o1. The minimum absolute atomic E-state index is 0.143. The summed E-state index contributed by atoms with van der Waals surface area (Å²) in [5.41, 5.74) is 0.529. The molecule has 2 rings (SSSR count). The molecule has 5 nitrogen and oxygen atoms in total. The zero-order valence-electron chi connectivity index (χ0n) is 10.8. The van der Waals surface area contributed by atoms with Crippen LogP contribution in [0.4, 0.5) is 0 Å². The van der Waals surface area contributed by atoms with Crippen molar-refractivity contribution in [2.24, 2.45) is 0 Å². The first-order chi connectivity index (χ1) is 8.29. The number of hydrogen-bond acceptors (Lipinski definition) is 4. The molecule has 1 unspecified atom stereocenters. The van der Waals surface area contributed by atoms with Gasteiger partial charge in [-0.1, -0.05) is 0 Å². The second-order valence-electron chi connectivity index (χ2n) is 4.82. The number of amides is 1. The van der Waals surface area contributed by atoms with Crippen LogP contribution < -0.4 is 0 Å². The van der Waals surface area contributed by atoms with E-state index in [1.807, 2.05) is 0 Å². The van der Waals surface area contributed by atoms with Crippen LogP contribution in [0.15, 0.2) is 10.5 Å². The molecule has 0 spiro atoms. The lowest BCUT2D eigenvalue weighted by Crippen LogP contribution is -2.31. The van der Waals surface area contributed by atoms with Gasteiger partial charge in [0.2, 0.25) is 0 Å². The fraction of sp³-hybridized carbons (Fsp3) is 0.583. The van der Waals surface area contributed by atoms with Crippen LogP contribution in [0.5, 0.6) is 0 Å². The van der Waals surface area contributed by atoms with Gasteiger partial charge in [0.1, 0.15) is 11.5 Å². The molecule has 0 bridgehead atoms. The van der Waals surface area contributed by atoms with Crippen LogP contribution in [-0.4, -0.2) is 43.8 Å². The van der Waals surface area contributed by atoms with E-state index in [1.54, 1.807) is 24.8 Å². The van der Waals surface area contributed by atoms with Crippen molar-refractivity contribution in [1.82, 2.24) is 4.90 Å². The van der Waals surface area contributed by atoms with Crippen molar-refractivity contribution in [3.63, 3.8) is 0 Å². The molecule has 1 aliphatic rings. The molecule has 2 heterocycles. The van der Waals surface area contributed by atoms with E-state index >= 15 is 0 Å². The third-order valence-corrected chi connectivity index (χ3v) is 4.90. The Bertz CT molecular complexity index is 573. The van der Waals surface area contributed by atoms with Gasteiger partial charge in [-0.2, -0.15) is 0 Å². The number of nitrogens with zero attached hydrogens (tertiary/aromatic N) is 1. The summed E-state index contributed by atoms with van der Waals surface area (Å²) in [4.78, 5) is 13.8.